The van der Waals surface area contributed by atoms with Crippen molar-refractivity contribution in [3.05, 3.63) is 17.5 Å². The van der Waals surface area contributed by atoms with Gasteiger partial charge in [-0.15, -0.1) is 0 Å². The molecule has 4 heteroatoms. The van der Waals surface area contributed by atoms with Crippen LogP contribution in [-0.2, 0) is 23.0 Å². The Morgan fingerprint density at radius 2 is 2.38 bits per heavy atom. The van der Waals surface area contributed by atoms with Crippen molar-refractivity contribution in [2.45, 2.75) is 20.3 Å². The van der Waals surface area contributed by atoms with Gasteiger partial charge in [-0.1, -0.05) is 0 Å². The maximum Gasteiger partial charge on any atom is 0.311 e. The number of aryl methyl sites for hydroxylation is 2. The van der Waals surface area contributed by atoms with E-state index in [9.17, 15) is 4.79 Å². The molecule has 0 aliphatic heterocycles. The molecule has 13 heavy (non-hydrogen) atoms. The first-order valence-corrected chi connectivity index (χ1v) is 4.28. The summed E-state index contributed by atoms with van der Waals surface area (Å²) >= 11 is 0. The zero-order valence-electron chi connectivity index (χ0n) is 8.20. The second kappa shape index (κ2) is 4.07. The largest absolute Gasteiger partial charge is 0.466 e. The highest BCUT2D eigenvalue weighted by molar-refractivity contribution is 5.72. The minimum absolute atomic E-state index is 0.203. The average Bonchev–Trinajstić information content (AvgIpc) is 2.30. The molecule has 1 heterocycles. The van der Waals surface area contributed by atoms with Gasteiger partial charge in [-0.05, 0) is 19.9 Å². The summed E-state index contributed by atoms with van der Waals surface area (Å²) in [5, 5.41) is 4.13. The molecule has 0 atom stereocenters. The van der Waals surface area contributed by atoms with Crippen LogP contribution < -0.4 is 0 Å². The van der Waals surface area contributed by atoms with E-state index in [4.69, 9.17) is 4.74 Å². The molecule has 1 rings (SSSR count). The lowest BCUT2D eigenvalue weighted by Crippen LogP contribution is -2.10. The van der Waals surface area contributed by atoms with Crippen LogP contribution >= 0.6 is 0 Å². The Kier molecular flexibility index (Phi) is 3.06. The highest BCUT2D eigenvalue weighted by atomic mass is 16.5. The number of esters is 1. The summed E-state index contributed by atoms with van der Waals surface area (Å²) in [6.07, 6.45) is 0.297. The molecule has 0 spiro atoms. The summed E-state index contributed by atoms with van der Waals surface area (Å²) in [6.45, 7) is 4.12. The number of hydrogen-bond acceptors (Lipinski definition) is 3. The number of rotatable bonds is 3. The van der Waals surface area contributed by atoms with Crippen LogP contribution in [0.15, 0.2) is 6.07 Å². The fourth-order valence-electron chi connectivity index (χ4n) is 1.19. The number of hydrogen-bond donors (Lipinski definition) is 0. The molecule has 0 fully saturated rings. The Hall–Kier alpha value is -1.32. The first kappa shape index (κ1) is 9.77. The van der Waals surface area contributed by atoms with Crippen molar-refractivity contribution in [3.63, 3.8) is 0 Å². The van der Waals surface area contributed by atoms with E-state index < -0.39 is 0 Å². The Balaban J connectivity index is 2.63. The SMILES string of the molecule is CCOC(=O)Cc1cc(C)nn1C. The van der Waals surface area contributed by atoms with Gasteiger partial charge in [-0.25, -0.2) is 0 Å². The van der Waals surface area contributed by atoms with Gasteiger partial charge in [0, 0.05) is 12.7 Å². The summed E-state index contributed by atoms with van der Waals surface area (Å²) in [4.78, 5) is 11.1. The molecule has 0 N–H and O–H groups in total. The van der Waals surface area contributed by atoms with Crippen molar-refractivity contribution < 1.29 is 9.53 Å². The Labute approximate surface area is 77.5 Å². The molecule has 0 saturated carbocycles. The van der Waals surface area contributed by atoms with E-state index in [0.717, 1.165) is 11.4 Å². The highest BCUT2D eigenvalue weighted by Crippen LogP contribution is 2.03. The zero-order valence-corrected chi connectivity index (χ0v) is 8.20. The normalized spacial score (nSPS) is 10.1. The number of nitrogens with zero attached hydrogens (tertiary/aromatic N) is 2. The van der Waals surface area contributed by atoms with E-state index in [1.807, 2.05) is 20.0 Å². The molecule has 0 aliphatic carbocycles. The molecule has 0 aromatic carbocycles. The van der Waals surface area contributed by atoms with Crippen LogP contribution in [0.25, 0.3) is 0 Å². The van der Waals surface area contributed by atoms with Gasteiger partial charge in [0.2, 0.25) is 0 Å². The summed E-state index contributed by atoms with van der Waals surface area (Å²) in [6, 6.07) is 1.89. The van der Waals surface area contributed by atoms with E-state index >= 15 is 0 Å². The molecule has 0 radical (unpaired) electrons. The van der Waals surface area contributed by atoms with Gasteiger partial charge in [0.1, 0.15) is 0 Å². The number of ether oxygens (including phenoxy) is 1. The smallest absolute Gasteiger partial charge is 0.311 e. The van der Waals surface area contributed by atoms with Crippen molar-refractivity contribution in [1.29, 1.82) is 0 Å². The lowest BCUT2D eigenvalue weighted by molar-refractivity contribution is -0.142. The predicted octanol–water partition coefficient (Wildman–Crippen LogP) is 0.834. The van der Waals surface area contributed by atoms with Crippen LogP contribution in [0.3, 0.4) is 0 Å². The fraction of sp³-hybridized carbons (Fsp3) is 0.556. The number of carbonyl (C=O) groups excluding carboxylic acids is 1. The molecular weight excluding hydrogens is 168 g/mol. The van der Waals surface area contributed by atoms with E-state index in [2.05, 4.69) is 5.10 Å². The van der Waals surface area contributed by atoms with Crippen molar-refractivity contribution >= 4 is 5.97 Å². The van der Waals surface area contributed by atoms with Crippen LogP contribution in [-0.4, -0.2) is 22.4 Å². The predicted molar refractivity (Wildman–Crippen MR) is 48.3 cm³/mol. The maximum atomic E-state index is 11.1. The molecule has 0 bridgehead atoms. The van der Waals surface area contributed by atoms with Gasteiger partial charge in [0.15, 0.2) is 0 Å². The first-order chi connectivity index (χ1) is 6.13. The minimum Gasteiger partial charge on any atom is -0.466 e. The minimum atomic E-state index is -0.203. The van der Waals surface area contributed by atoms with Crippen LogP contribution in [0.5, 0.6) is 0 Å². The zero-order chi connectivity index (χ0) is 9.84. The third-order valence-corrected chi connectivity index (χ3v) is 1.73. The monoisotopic (exact) mass is 182 g/mol. The van der Waals surface area contributed by atoms with Crippen LogP contribution in [0.4, 0.5) is 0 Å². The highest BCUT2D eigenvalue weighted by Gasteiger charge is 2.08. The standard InChI is InChI=1S/C9H14N2O2/c1-4-13-9(12)6-8-5-7(2)10-11(8)3/h5H,4,6H2,1-3H3. The summed E-state index contributed by atoms with van der Waals surface area (Å²) in [7, 11) is 1.82. The Morgan fingerprint density at radius 1 is 1.69 bits per heavy atom. The lowest BCUT2D eigenvalue weighted by atomic mass is 10.3. The number of carbonyl (C=O) groups is 1. The van der Waals surface area contributed by atoms with Gasteiger partial charge in [0.25, 0.3) is 0 Å². The third-order valence-electron chi connectivity index (χ3n) is 1.73. The van der Waals surface area contributed by atoms with Gasteiger partial charge >= 0.3 is 5.97 Å². The number of aromatic nitrogens is 2. The van der Waals surface area contributed by atoms with Gasteiger partial charge in [-0.2, -0.15) is 5.10 Å². The second-order valence-electron chi connectivity index (χ2n) is 2.88. The van der Waals surface area contributed by atoms with Gasteiger partial charge < -0.3 is 4.74 Å². The molecule has 72 valence electrons. The maximum absolute atomic E-state index is 11.1. The van der Waals surface area contributed by atoms with Crippen molar-refractivity contribution in [2.75, 3.05) is 6.61 Å². The van der Waals surface area contributed by atoms with Gasteiger partial charge in [-0.3, -0.25) is 9.48 Å². The molecule has 0 aliphatic rings. The topological polar surface area (TPSA) is 44.1 Å². The summed E-state index contributed by atoms with van der Waals surface area (Å²) in [5.74, 6) is -0.203. The first-order valence-electron chi connectivity index (χ1n) is 4.28. The average molecular weight is 182 g/mol. The van der Waals surface area contributed by atoms with E-state index in [0.29, 0.717) is 13.0 Å². The fourth-order valence-corrected chi connectivity index (χ4v) is 1.19. The van der Waals surface area contributed by atoms with Crippen LogP contribution in [0, 0.1) is 6.92 Å². The van der Waals surface area contributed by atoms with Gasteiger partial charge in [0.05, 0.1) is 18.7 Å². The van der Waals surface area contributed by atoms with Crippen molar-refractivity contribution in [2.24, 2.45) is 7.05 Å². The van der Waals surface area contributed by atoms with Crippen LogP contribution in [0.1, 0.15) is 18.3 Å². The van der Waals surface area contributed by atoms with E-state index in [-0.39, 0.29) is 5.97 Å². The van der Waals surface area contributed by atoms with Crippen LogP contribution in [0.2, 0.25) is 0 Å². The van der Waals surface area contributed by atoms with E-state index in [1.54, 1.807) is 11.6 Å². The molecule has 4 nitrogen and oxygen atoms in total. The molecule has 1 aromatic heterocycles. The Morgan fingerprint density at radius 3 is 2.85 bits per heavy atom. The summed E-state index contributed by atoms with van der Waals surface area (Å²) < 4.78 is 6.53. The molecule has 0 unspecified atom stereocenters. The van der Waals surface area contributed by atoms with Crippen molar-refractivity contribution in [1.82, 2.24) is 9.78 Å². The van der Waals surface area contributed by atoms with Crippen molar-refractivity contribution in [3.8, 4) is 0 Å². The molecule has 0 amide bonds. The summed E-state index contributed by atoms with van der Waals surface area (Å²) in [5.41, 5.74) is 1.80. The third kappa shape index (κ3) is 2.57. The molecule has 0 saturated heterocycles. The quantitative estimate of drug-likeness (QED) is 0.650. The van der Waals surface area contributed by atoms with E-state index in [1.165, 1.54) is 0 Å². The Bertz CT molecular complexity index is 305. The second-order valence-corrected chi connectivity index (χ2v) is 2.88. The lowest BCUT2D eigenvalue weighted by Gasteiger charge is -2.01. The molecule has 1 aromatic rings. The molecular formula is C9H14N2O2.